The van der Waals surface area contributed by atoms with Crippen molar-refractivity contribution in [1.82, 2.24) is 5.32 Å². The molecule has 0 radical (unpaired) electrons. The number of nitrogens with one attached hydrogen (secondary N) is 1. The first-order valence-corrected chi connectivity index (χ1v) is 8.15. The molecular weight excluding hydrogens is 307 g/mol. The molecule has 7 heteroatoms. The summed E-state index contributed by atoms with van der Waals surface area (Å²) in [5, 5.41) is 21.4. The number of rotatable bonds is 1. The zero-order chi connectivity index (χ0) is 15.7. The van der Waals surface area contributed by atoms with Gasteiger partial charge >= 0.3 is 6.09 Å². The Kier molecular flexibility index (Phi) is 4.10. The molecule has 2 aliphatic rings. The van der Waals surface area contributed by atoms with Crippen LogP contribution in [-0.4, -0.2) is 33.3 Å². The maximum absolute atomic E-state index is 14.4. The lowest BCUT2D eigenvalue weighted by Gasteiger charge is -2.45. The van der Waals surface area contributed by atoms with Crippen LogP contribution in [0.15, 0.2) is 29.3 Å². The Bertz CT molecular complexity index is 625. The number of halogens is 1. The van der Waals surface area contributed by atoms with Crippen molar-refractivity contribution in [3.05, 3.63) is 35.6 Å². The van der Waals surface area contributed by atoms with Gasteiger partial charge in [-0.2, -0.15) is 0 Å². The second kappa shape index (κ2) is 5.89. The number of hydrogen-bond donors (Lipinski definition) is 3. The van der Waals surface area contributed by atoms with E-state index in [1.807, 2.05) is 0 Å². The summed E-state index contributed by atoms with van der Waals surface area (Å²) in [6.07, 6.45) is -0.00531. The lowest BCUT2D eigenvalue weighted by molar-refractivity contribution is 0.0600. The van der Waals surface area contributed by atoms with Gasteiger partial charge in [-0.05, 0) is 25.3 Å². The van der Waals surface area contributed by atoms with Gasteiger partial charge in [-0.25, -0.2) is 9.18 Å². The predicted octanol–water partition coefficient (Wildman–Crippen LogP) is 2.55. The molecule has 3 N–H and O–H groups in total. The van der Waals surface area contributed by atoms with E-state index in [1.165, 1.54) is 17.8 Å². The molecule has 5 nitrogen and oxygen atoms in total. The Hall–Kier alpha value is -1.60. The van der Waals surface area contributed by atoms with Crippen molar-refractivity contribution in [2.45, 2.75) is 30.9 Å². The number of fused-ring (bicyclic) bond motifs is 1. The number of hydrogen-bond acceptors (Lipinski definition) is 4. The summed E-state index contributed by atoms with van der Waals surface area (Å²) in [4.78, 5) is 15.4. The van der Waals surface area contributed by atoms with Crippen LogP contribution in [0.25, 0.3) is 0 Å². The van der Waals surface area contributed by atoms with Crippen LogP contribution in [-0.2, 0) is 5.54 Å². The average molecular weight is 324 g/mol. The standard InChI is InChI=1S/C15H17FN2O3S/c16-12-4-2-1-3-11(12)15-6-5-10(19)7-9(15)8-22-13(18-15)17-14(20)21/h1-4,9-10,19H,5-8H2,(H,17,18)(H,20,21)/t9-,10-,15-/m0/s1. The second-order valence-corrected chi connectivity index (χ2v) is 6.70. The number of amidine groups is 1. The van der Waals surface area contributed by atoms with Crippen LogP contribution in [0.1, 0.15) is 24.8 Å². The van der Waals surface area contributed by atoms with Gasteiger partial charge in [-0.1, -0.05) is 30.0 Å². The quantitative estimate of drug-likeness (QED) is 0.741. The van der Waals surface area contributed by atoms with Gasteiger partial charge in [-0.3, -0.25) is 10.3 Å². The van der Waals surface area contributed by atoms with Crippen molar-refractivity contribution in [3.8, 4) is 0 Å². The van der Waals surface area contributed by atoms with Crippen molar-refractivity contribution in [3.63, 3.8) is 0 Å². The van der Waals surface area contributed by atoms with Crippen LogP contribution in [0.3, 0.4) is 0 Å². The fourth-order valence-corrected chi connectivity index (χ4v) is 4.52. The van der Waals surface area contributed by atoms with E-state index in [1.54, 1.807) is 18.2 Å². The number of carbonyl (C=O) groups is 1. The topological polar surface area (TPSA) is 81.9 Å². The van der Waals surface area contributed by atoms with E-state index >= 15 is 0 Å². The summed E-state index contributed by atoms with van der Waals surface area (Å²) in [6.45, 7) is 0. The molecule has 22 heavy (non-hydrogen) atoms. The van der Waals surface area contributed by atoms with Gasteiger partial charge in [0.15, 0.2) is 5.17 Å². The molecule has 1 saturated carbocycles. The molecule has 0 saturated heterocycles. The van der Waals surface area contributed by atoms with E-state index in [2.05, 4.69) is 10.3 Å². The van der Waals surface area contributed by atoms with E-state index in [-0.39, 0.29) is 11.7 Å². The van der Waals surface area contributed by atoms with E-state index in [0.717, 1.165) is 0 Å². The highest BCUT2D eigenvalue weighted by Gasteiger charge is 2.48. The number of aliphatic hydroxyl groups is 1. The third-order valence-electron chi connectivity index (χ3n) is 4.37. The van der Waals surface area contributed by atoms with Crippen molar-refractivity contribution < 1.29 is 19.4 Å². The summed E-state index contributed by atoms with van der Waals surface area (Å²) in [6, 6.07) is 6.49. The summed E-state index contributed by atoms with van der Waals surface area (Å²) in [5.74, 6) is 0.247. The fraction of sp³-hybridized carbons (Fsp3) is 0.467. The molecule has 118 valence electrons. The monoisotopic (exact) mass is 324 g/mol. The maximum atomic E-state index is 14.4. The SMILES string of the molecule is O=C(O)NC1=N[C@@]2(c3ccccc3F)CC[C@H](O)C[C@H]2CS1. The molecule has 1 aliphatic carbocycles. The predicted molar refractivity (Wildman–Crippen MR) is 82.5 cm³/mol. The van der Waals surface area contributed by atoms with Gasteiger partial charge in [0.05, 0.1) is 11.6 Å². The Morgan fingerprint density at radius 3 is 2.95 bits per heavy atom. The minimum atomic E-state index is -1.18. The lowest BCUT2D eigenvalue weighted by atomic mass is 9.69. The average Bonchev–Trinajstić information content (AvgIpc) is 2.47. The lowest BCUT2D eigenvalue weighted by Crippen LogP contribution is -2.47. The molecule has 1 aromatic carbocycles. The third kappa shape index (κ3) is 2.70. The number of aliphatic hydroxyl groups excluding tert-OH is 1. The zero-order valence-electron chi connectivity index (χ0n) is 11.8. The molecule has 0 aromatic heterocycles. The van der Waals surface area contributed by atoms with Gasteiger partial charge in [0.1, 0.15) is 5.82 Å². The van der Waals surface area contributed by atoms with Crippen LogP contribution in [0.5, 0.6) is 0 Å². The van der Waals surface area contributed by atoms with Crippen molar-refractivity contribution in [2.75, 3.05) is 5.75 Å². The number of nitrogens with zero attached hydrogens (tertiary/aromatic N) is 1. The molecule has 1 heterocycles. The molecule has 1 aromatic rings. The van der Waals surface area contributed by atoms with Gasteiger partial charge in [0.25, 0.3) is 0 Å². The van der Waals surface area contributed by atoms with Gasteiger partial charge in [0.2, 0.25) is 0 Å². The number of amides is 1. The molecule has 3 rings (SSSR count). The molecular formula is C15H17FN2O3S. The zero-order valence-corrected chi connectivity index (χ0v) is 12.6. The molecule has 0 unspecified atom stereocenters. The van der Waals surface area contributed by atoms with Crippen molar-refractivity contribution >= 4 is 23.0 Å². The van der Waals surface area contributed by atoms with Crippen LogP contribution in [0, 0.1) is 11.7 Å². The number of thioether (sulfide) groups is 1. The van der Waals surface area contributed by atoms with E-state index in [4.69, 9.17) is 5.11 Å². The first kappa shape index (κ1) is 15.3. The minimum Gasteiger partial charge on any atom is -0.465 e. The molecule has 0 spiro atoms. The smallest absolute Gasteiger partial charge is 0.410 e. The first-order valence-electron chi connectivity index (χ1n) is 7.17. The minimum absolute atomic E-state index is 0.0162. The second-order valence-electron chi connectivity index (χ2n) is 5.69. The first-order chi connectivity index (χ1) is 10.5. The normalized spacial score (nSPS) is 31.1. The van der Waals surface area contributed by atoms with E-state index in [0.29, 0.717) is 35.7 Å². The fourth-order valence-electron chi connectivity index (χ4n) is 3.36. The highest BCUT2D eigenvalue weighted by molar-refractivity contribution is 8.13. The number of carboxylic acid groups (broad SMARTS) is 1. The maximum Gasteiger partial charge on any atom is 0.410 e. The van der Waals surface area contributed by atoms with Crippen LogP contribution in [0.2, 0.25) is 0 Å². The largest absolute Gasteiger partial charge is 0.465 e. The van der Waals surface area contributed by atoms with Gasteiger partial charge < -0.3 is 10.2 Å². The van der Waals surface area contributed by atoms with Crippen LogP contribution >= 0.6 is 11.8 Å². The molecule has 1 amide bonds. The summed E-state index contributed by atoms with van der Waals surface area (Å²) in [7, 11) is 0. The van der Waals surface area contributed by atoms with Gasteiger partial charge in [0, 0.05) is 17.2 Å². The summed E-state index contributed by atoms with van der Waals surface area (Å²) in [5.41, 5.74) is -0.315. The van der Waals surface area contributed by atoms with Crippen molar-refractivity contribution in [2.24, 2.45) is 10.9 Å². The Morgan fingerprint density at radius 2 is 2.23 bits per heavy atom. The van der Waals surface area contributed by atoms with Gasteiger partial charge in [-0.15, -0.1) is 0 Å². The molecule has 1 aliphatic heterocycles. The summed E-state index contributed by atoms with van der Waals surface area (Å²) >= 11 is 1.30. The Balaban J connectivity index is 2.07. The van der Waals surface area contributed by atoms with E-state index in [9.17, 15) is 14.3 Å². The van der Waals surface area contributed by atoms with Crippen LogP contribution in [0.4, 0.5) is 9.18 Å². The molecule has 3 atom stereocenters. The molecule has 0 bridgehead atoms. The number of aliphatic imine (C=N–C) groups is 1. The van der Waals surface area contributed by atoms with E-state index < -0.39 is 17.7 Å². The summed E-state index contributed by atoms with van der Waals surface area (Å²) < 4.78 is 14.4. The highest BCUT2D eigenvalue weighted by atomic mass is 32.2. The van der Waals surface area contributed by atoms with Crippen LogP contribution < -0.4 is 5.32 Å². The Morgan fingerprint density at radius 1 is 1.45 bits per heavy atom. The number of benzene rings is 1. The highest BCUT2D eigenvalue weighted by Crippen LogP contribution is 2.49. The van der Waals surface area contributed by atoms with Crippen molar-refractivity contribution in [1.29, 1.82) is 0 Å². The Labute approximate surface area is 131 Å². The third-order valence-corrected chi connectivity index (χ3v) is 5.40. The molecule has 1 fully saturated rings.